The number of ether oxygens (including phenoxy) is 1. The second-order valence-electron chi connectivity index (χ2n) is 7.96. The number of methoxy groups -OCH3 is 1. The highest BCUT2D eigenvalue weighted by Gasteiger charge is 2.33. The molecule has 2 aromatic rings. The van der Waals surface area contributed by atoms with Crippen LogP contribution in [0.2, 0.25) is 0 Å². The van der Waals surface area contributed by atoms with Gasteiger partial charge in [0.25, 0.3) is 0 Å². The molecule has 0 aliphatic carbocycles. The smallest absolute Gasteiger partial charge is 0.304 e. The lowest BCUT2D eigenvalue weighted by molar-refractivity contribution is -0.140. The lowest BCUT2D eigenvalue weighted by atomic mass is 10.1. The molecular weight excluding hydrogens is 475 g/mol. The minimum Gasteiger partial charge on any atom is -0.497 e. The van der Waals surface area contributed by atoms with E-state index >= 15 is 0 Å². The van der Waals surface area contributed by atoms with E-state index in [1.807, 2.05) is 0 Å². The van der Waals surface area contributed by atoms with E-state index in [1.54, 1.807) is 45.2 Å². The van der Waals surface area contributed by atoms with Crippen molar-refractivity contribution in [3.63, 3.8) is 0 Å². The van der Waals surface area contributed by atoms with Crippen molar-refractivity contribution in [1.82, 2.24) is 14.5 Å². The van der Waals surface area contributed by atoms with E-state index < -0.39 is 34.5 Å². The molecule has 0 radical (unpaired) electrons. The van der Waals surface area contributed by atoms with E-state index in [4.69, 9.17) is 4.74 Å². The molecule has 192 valence electrons. The van der Waals surface area contributed by atoms with Gasteiger partial charge in [-0.05, 0) is 55.3 Å². The van der Waals surface area contributed by atoms with Gasteiger partial charge < -0.3 is 15.0 Å². The van der Waals surface area contributed by atoms with Crippen molar-refractivity contribution in [1.29, 1.82) is 0 Å². The molecule has 11 heteroatoms. The highest BCUT2D eigenvalue weighted by molar-refractivity contribution is 7.90. The Morgan fingerprint density at radius 1 is 1.03 bits per heavy atom. The van der Waals surface area contributed by atoms with Crippen molar-refractivity contribution < 1.29 is 27.1 Å². The van der Waals surface area contributed by atoms with Gasteiger partial charge >= 0.3 is 10.2 Å². The minimum atomic E-state index is -4.10. The Labute approximate surface area is 206 Å². The lowest BCUT2D eigenvalue weighted by Crippen LogP contribution is -2.53. The van der Waals surface area contributed by atoms with Crippen LogP contribution in [0.4, 0.5) is 10.1 Å². The molecule has 1 N–H and O–H groups in total. The van der Waals surface area contributed by atoms with Gasteiger partial charge in [0.05, 0.1) is 12.8 Å². The number of benzene rings is 2. The quantitative estimate of drug-likeness (QED) is 0.475. The zero-order valence-electron chi connectivity index (χ0n) is 20.7. The summed E-state index contributed by atoms with van der Waals surface area (Å²) in [6.45, 7) is 3.45. The summed E-state index contributed by atoms with van der Waals surface area (Å²) in [5.41, 5.74) is 0.870. The van der Waals surface area contributed by atoms with E-state index in [1.165, 1.54) is 31.1 Å². The maximum absolute atomic E-state index is 13.6. The molecule has 0 aliphatic heterocycles. The van der Waals surface area contributed by atoms with Crippen LogP contribution in [0, 0.1) is 5.82 Å². The zero-order valence-corrected chi connectivity index (χ0v) is 21.5. The van der Waals surface area contributed by atoms with Crippen LogP contribution >= 0.6 is 0 Å². The Hall–Kier alpha value is -3.18. The third kappa shape index (κ3) is 7.15. The number of anilines is 1. The first-order valence-corrected chi connectivity index (χ1v) is 12.6. The molecule has 0 spiro atoms. The van der Waals surface area contributed by atoms with Crippen molar-refractivity contribution >= 4 is 27.7 Å². The van der Waals surface area contributed by atoms with Crippen LogP contribution in [0.15, 0.2) is 48.5 Å². The first kappa shape index (κ1) is 28.1. The Balaban J connectivity index is 2.47. The Morgan fingerprint density at radius 2 is 1.63 bits per heavy atom. The largest absolute Gasteiger partial charge is 0.497 e. The summed E-state index contributed by atoms with van der Waals surface area (Å²) >= 11 is 0. The molecule has 0 heterocycles. The normalized spacial score (nSPS) is 12.2. The summed E-state index contributed by atoms with van der Waals surface area (Å²) < 4.78 is 46.7. The summed E-state index contributed by atoms with van der Waals surface area (Å²) in [6, 6.07) is 11.0. The van der Waals surface area contributed by atoms with E-state index in [2.05, 4.69) is 5.32 Å². The summed E-state index contributed by atoms with van der Waals surface area (Å²) in [7, 11) is 0.130. The third-order valence-corrected chi connectivity index (χ3v) is 7.20. The highest BCUT2D eigenvalue weighted by atomic mass is 32.2. The second kappa shape index (κ2) is 12.5. The van der Waals surface area contributed by atoms with Gasteiger partial charge in [0.15, 0.2) is 0 Å². The first-order valence-electron chi connectivity index (χ1n) is 11.2. The summed E-state index contributed by atoms with van der Waals surface area (Å²) in [5.74, 6) is -0.804. The number of carbonyl (C=O) groups is 2. The molecule has 35 heavy (non-hydrogen) atoms. The monoisotopic (exact) mass is 508 g/mol. The van der Waals surface area contributed by atoms with Gasteiger partial charge in [-0.15, -0.1) is 0 Å². The lowest BCUT2D eigenvalue weighted by Gasteiger charge is -2.33. The van der Waals surface area contributed by atoms with E-state index in [0.717, 1.165) is 26.3 Å². The minimum absolute atomic E-state index is 0.0811. The summed E-state index contributed by atoms with van der Waals surface area (Å²) in [5, 5.41) is 2.74. The molecule has 0 saturated carbocycles. The molecule has 0 bridgehead atoms. The van der Waals surface area contributed by atoms with Gasteiger partial charge in [-0.1, -0.05) is 19.1 Å². The fourth-order valence-electron chi connectivity index (χ4n) is 3.46. The number of rotatable bonds is 12. The number of halogens is 1. The van der Waals surface area contributed by atoms with Gasteiger partial charge in [0, 0.05) is 27.2 Å². The van der Waals surface area contributed by atoms with Crippen molar-refractivity contribution in [2.24, 2.45) is 0 Å². The number of hydrogen-bond acceptors (Lipinski definition) is 5. The maximum Gasteiger partial charge on any atom is 0.304 e. The average molecular weight is 509 g/mol. The standard InChI is InChI=1S/C24H33FN4O5S/c1-6-22(24(31)26-7-2)28(16-18-8-14-21(34-5)15-9-18)23(30)17-29(35(32,33)27(3)4)20-12-10-19(25)11-13-20/h8-15,22H,6-7,16-17H2,1-5H3,(H,26,31)/t22-/m1/s1. The van der Waals surface area contributed by atoms with Crippen LogP contribution in [0.1, 0.15) is 25.8 Å². The van der Waals surface area contributed by atoms with Crippen LogP contribution in [-0.2, 0) is 26.3 Å². The molecule has 0 unspecified atom stereocenters. The zero-order chi connectivity index (χ0) is 26.2. The Bertz CT molecular complexity index is 1090. The predicted molar refractivity (Wildman–Crippen MR) is 133 cm³/mol. The van der Waals surface area contributed by atoms with Crippen LogP contribution in [-0.4, -0.2) is 69.8 Å². The predicted octanol–water partition coefficient (Wildman–Crippen LogP) is 2.39. The van der Waals surface area contributed by atoms with Gasteiger partial charge in [-0.2, -0.15) is 12.7 Å². The number of amides is 2. The Morgan fingerprint density at radius 3 is 2.11 bits per heavy atom. The molecule has 1 atom stereocenters. The highest BCUT2D eigenvalue weighted by Crippen LogP contribution is 2.22. The van der Waals surface area contributed by atoms with Gasteiger partial charge in [0.2, 0.25) is 11.8 Å². The maximum atomic E-state index is 13.6. The van der Waals surface area contributed by atoms with E-state index in [9.17, 15) is 22.4 Å². The van der Waals surface area contributed by atoms with Crippen molar-refractivity contribution in [2.75, 3.05) is 38.6 Å². The summed E-state index contributed by atoms with van der Waals surface area (Å²) in [4.78, 5) is 27.8. The van der Waals surface area contributed by atoms with Crippen molar-refractivity contribution in [3.8, 4) is 5.75 Å². The molecular formula is C24H33FN4O5S. The molecule has 0 fully saturated rings. The molecule has 0 saturated heterocycles. The molecule has 2 rings (SSSR count). The number of nitrogens with zero attached hydrogens (tertiary/aromatic N) is 3. The van der Waals surface area contributed by atoms with Gasteiger partial charge in [0.1, 0.15) is 24.2 Å². The number of nitrogens with one attached hydrogen (secondary N) is 1. The number of carbonyl (C=O) groups excluding carboxylic acids is 2. The Kier molecular flexibility index (Phi) is 10.0. The molecule has 0 aliphatic rings. The number of hydrogen-bond donors (Lipinski definition) is 1. The number of likely N-dealkylation sites (N-methyl/N-ethyl adjacent to an activating group) is 1. The SMILES string of the molecule is CCNC(=O)[C@@H](CC)N(Cc1ccc(OC)cc1)C(=O)CN(c1ccc(F)cc1)S(=O)(=O)N(C)C. The van der Waals surface area contributed by atoms with Crippen LogP contribution in [0.5, 0.6) is 5.75 Å². The van der Waals surface area contributed by atoms with Gasteiger partial charge in [-0.3, -0.25) is 9.59 Å². The third-order valence-electron chi connectivity index (χ3n) is 5.38. The van der Waals surface area contributed by atoms with Gasteiger partial charge in [-0.25, -0.2) is 8.70 Å². The fourth-order valence-corrected chi connectivity index (χ4v) is 4.52. The second-order valence-corrected chi connectivity index (χ2v) is 10.0. The molecule has 2 amide bonds. The first-order chi connectivity index (χ1) is 16.5. The fraction of sp³-hybridized carbons (Fsp3) is 0.417. The molecule has 2 aromatic carbocycles. The van der Waals surface area contributed by atoms with E-state index in [-0.39, 0.29) is 18.1 Å². The van der Waals surface area contributed by atoms with Crippen LogP contribution in [0.25, 0.3) is 0 Å². The van der Waals surface area contributed by atoms with Crippen molar-refractivity contribution in [2.45, 2.75) is 32.9 Å². The van der Waals surface area contributed by atoms with Crippen LogP contribution in [0.3, 0.4) is 0 Å². The molecule has 9 nitrogen and oxygen atoms in total. The van der Waals surface area contributed by atoms with Crippen LogP contribution < -0.4 is 14.4 Å². The summed E-state index contributed by atoms with van der Waals surface area (Å²) in [6.07, 6.45) is 0.324. The van der Waals surface area contributed by atoms with E-state index in [0.29, 0.717) is 18.7 Å². The topological polar surface area (TPSA) is 99.3 Å². The van der Waals surface area contributed by atoms with Crippen molar-refractivity contribution in [3.05, 3.63) is 59.9 Å². The molecule has 0 aromatic heterocycles. The average Bonchev–Trinajstić information content (AvgIpc) is 2.83.